The van der Waals surface area contributed by atoms with Gasteiger partial charge in [0.1, 0.15) is 0 Å². The van der Waals surface area contributed by atoms with E-state index in [2.05, 4.69) is 50.2 Å². The molecule has 0 radical (unpaired) electrons. The van der Waals surface area contributed by atoms with Gasteiger partial charge in [0.05, 0.1) is 16.9 Å². The lowest BCUT2D eigenvalue weighted by molar-refractivity contribution is 0.135. The highest BCUT2D eigenvalue weighted by Crippen LogP contribution is 2.48. The molecule has 1 aromatic carbocycles. The fourth-order valence-corrected chi connectivity index (χ4v) is 5.36. The van der Waals surface area contributed by atoms with E-state index in [0.717, 1.165) is 12.5 Å². The van der Waals surface area contributed by atoms with Gasteiger partial charge in [0.15, 0.2) is 0 Å². The van der Waals surface area contributed by atoms with Crippen molar-refractivity contribution in [2.45, 2.75) is 77.7 Å². The molecule has 0 aromatic heterocycles. The second kappa shape index (κ2) is 5.68. The van der Waals surface area contributed by atoms with Crippen LogP contribution >= 0.6 is 0 Å². The summed E-state index contributed by atoms with van der Waals surface area (Å²) in [5.74, 6) is 0.876. The molecule has 1 fully saturated rings. The lowest BCUT2D eigenvalue weighted by Crippen LogP contribution is -2.57. The number of aryl methyl sites for hydroxylation is 2. The maximum atomic E-state index is 3.82. The van der Waals surface area contributed by atoms with Crippen molar-refractivity contribution in [1.29, 1.82) is 0 Å². The van der Waals surface area contributed by atoms with Crippen molar-refractivity contribution in [3.05, 3.63) is 23.3 Å². The summed E-state index contributed by atoms with van der Waals surface area (Å²) in [5, 5.41) is 3.82. The maximum Gasteiger partial charge on any atom is 0.0607 e. The number of nitrogens with one attached hydrogen (secondary N) is 1. The van der Waals surface area contributed by atoms with Gasteiger partial charge in [0, 0.05) is 13.6 Å². The first-order chi connectivity index (χ1) is 11.4. The Labute approximate surface area is 148 Å². The van der Waals surface area contributed by atoms with Crippen LogP contribution in [0.5, 0.6) is 0 Å². The summed E-state index contributed by atoms with van der Waals surface area (Å²) in [6, 6.07) is 4.96. The Kier molecular flexibility index (Phi) is 3.85. The van der Waals surface area contributed by atoms with Crippen molar-refractivity contribution in [1.82, 2.24) is 0 Å². The summed E-state index contributed by atoms with van der Waals surface area (Å²) in [6.07, 6.45) is 10.7. The van der Waals surface area contributed by atoms with Crippen LogP contribution in [0, 0.1) is 11.3 Å². The van der Waals surface area contributed by atoms with Crippen LogP contribution in [0.2, 0.25) is 0 Å². The van der Waals surface area contributed by atoms with Gasteiger partial charge in [-0.1, -0.05) is 20.8 Å². The molecule has 1 saturated carbocycles. The molecule has 2 nitrogen and oxygen atoms in total. The van der Waals surface area contributed by atoms with Gasteiger partial charge in [0.2, 0.25) is 0 Å². The van der Waals surface area contributed by atoms with Crippen molar-refractivity contribution in [2.75, 3.05) is 23.8 Å². The van der Waals surface area contributed by atoms with Crippen molar-refractivity contribution >= 4 is 11.4 Å². The van der Waals surface area contributed by atoms with Crippen molar-refractivity contribution < 1.29 is 0 Å². The molecule has 2 heteroatoms. The highest BCUT2D eigenvalue weighted by molar-refractivity contribution is 5.76. The van der Waals surface area contributed by atoms with Gasteiger partial charge in [0.25, 0.3) is 0 Å². The van der Waals surface area contributed by atoms with E-state index >= 15 is 0 Å². The van der Waals surface area contributed by atoms with E-state index in [1.54, 1.807) is 11.1 Å². The Morgan fingerprint density at radius 1 is 1.04 bits per heavy atom. The maximum absolute atomic E-state index is 3.82. The minimum absolute atomic E-state index is 0.331. The topological polar surface area (TPSA) is 15.3 Å². The highest BCUT2D eigenvalue weighted by atomic mass is 15.2. The van der Waals surface area contributed by atoms with Crippen LogP contribution in [-0.4, -0.2) is 19.1 Å². The van der Waals surface area contributed by atoms with E-state index in [4.69, 9.17) is 0 Å². The zero-order valence-electron chi connectivity index (χ0n) is 16.0. The van der Waals surface area contributed by atoms with E-state index in [9.17, 15) is 0 Å². The largest absolute Gasteiger partial charge is 0.381 e. The van der Waals surface area contributed by atoms with E-state index in [1.807, 2.05) is 0 Å². The Bertz CT molecular complexity index is 618. The first-order valence-electron chi connectivity index (χ1n) is 10.0. The van der Waals surface area contributed by atoms with Crippen LogP contribution in [0.3, 0.4) is 0 Å². The predicted octanol–water partition coefficient (Wildman–Crippen LogP) is 5.40. The minimum Gasteiger partial charge on any atom is -0.381 e. The van der Waals surface area contributed by atoms with E-state index in [-0.39, 0.29) is 0 Å². The van der Waals surface area contributed by atoms with Gasteiger partial charge in [-0.25, -0.2) is 0 Å². The molecule has 3 aliphatic rings. The Hall–Kier alpha value is -1.18. The van der Waals surface area contributed by atoms with Crippen LogP contribution in [0.15, 0.2) is 12.1 Å². The first-order valence-corrected chi connectivity index (χ1v) is 10.0. The number of likely N-dealkylation sites (N-methyl/N-ethyl adjacent to an activating group) is 1. The Balaban J connectivity index is 1.59. The van der Waals surface area contributed by atoms with Gasteiger partial charge in [-0.05, 0) is 86.0 Å². The van der Waals surface area contributed by atoms with E-state index in [1.165, 1.54) is 62.7 Å². The molecular formula is C22H34N2. The zero-order valence-corrected chi connectivity index (χ0v) is 16.0. The molecule has 0 bridgehead atoms. The van der Waals surface area contributed by atoms with E-state index in [0.29, 0.717) is 11.0 Å². The molecule has 1 aromatic rings. The Morgan fingerprint density at radius 2 is 1.67 bits per heavy atom. The molecule has 0 unspecified atom stereocenters. The van der Waals surface area contributed by atoms with Crippen LogP contribution < -0.4 is 10.2 Å². The summed E-state index contributed by atoms with van der Waals surface area (Å²) in [5.41, 5.74) is 6.82. The first kappa shape index (κ1) is 16.3. The smallest absolute Gasteiger partial charge is 0.0607 e. The standard InChI is InChI=1S/C22H34N2/c1-21(2,3)18-9-11-22(12-10-18)15-23-19-13-16-7-5-6-8-17(16)14-20(19)24(22)4/h13-14,18,23H,5-12,15H2,1-4H3. The van der Waals surface area contributed by atoms with E-state index < -0.39 is 0 Å². The predicted molar refractivity (Wildman–Crippen MR) is 104 cm³/mol. The molecule has 0 atom stereocenters. The number of hydrogen-bond acceptors (Lipinski definition) is 2. The summed E-state index contributed by atoms with van der Waals surface area (Å²) in [4.78, 5) is 2.65. The number of benzene rings is 1. The number of rotatable bonds is 0. The number of hydrogen-bond donors (Lipinski definition) is 1. The summed E-state index contributed by atoms with van der Waals surface area (Å²) >= 11 is 0. The van der Waals surface area contributed by atoms with Crippen molar-refractivity contribution in [3.8, 4) is 0 Å². The third-order valence-corrected chi connectivity index (χ3v) is 7.28. The van der Waals surface area contributed by atoms with Crippen LogP contribution in [-0.2, 0) is 12.8 Å². The van der Waals surface area contributed by atoms with Gasteiger partial charge < -0.3 is 10.2 Å². The monoisotopic (exact) mass is 326 g/mol. The van der Waals surface area contributed by atoms with Crippen LogP contribution in [0.4, 0.5) is 11.4 Å². The van der Waals surface area contributed by atoms with Gasteiger partial charge in [-0.2, -0.15) is 0 Å². The quantitative estimate of drug-likeness (QED) is 0.686. The number of anilines is 2. The SMILES string of the molecule is CN1c2cc3c(cc2NCC12CCC(C(C)(C)C)CC2)CCCC3. The molecule has 132 valence electrons. The molecule has 1 aliphatic heterocycles. The fraction of sp³-hybridized carbons (Fsp3) is 0.727. The lowest BCUT2D eigenvalue weighted by Gasteiger charge is -2.53. The highest BCUT2D eigenvalue weighted by Gasteiger charge is 2.44. The third-order valence-electron chi connectivity index (χ3n) is 7.28. The summed E-state index contributed by atoms with van der Waals surface area (Å²) in [7, 11) is 2.35. The molecule has 1 heterocycles. The summed E-state index contributed by atoms with van der Waals surface area (Å²) < 4.78 is 0. The number of fused-ring (bicyclic) bond motifs is 2. The normalized spacial score (nSPS) is 29.8. The van der Waals surface area contributed by atoms with Crippen molar-refractivity contribution in [3.63, 3.8) is 0 Å². The molecule has 1 spiro atoms. The molecule has 0 saturated heterocycles. The molecule has 1 N–H and O–H groups in total. The molecule has 0 amide bonds. The molecule has 2 aliphatic carbocycles. The number of nitrogens with zero attached hydrogens (tertiary/aromatic N) is 1. The minimum atomic E-state index is 0.331. The Morgan fingerprint density at radius 3 is 2.29 bits per heavy atom. The second-order valence-electron chi connectivity index (χ2n) is 9.62. The molecular weight excluding hydrogens is 292 g/mol. The second-order valence-corrected chi connectivity index (χ2v) is 9.62. The van der Waals surface area contributed by atoms with Gasteiger partial charge in [-0.3, -0.25) is 0 Å². The van der Waals surface area contributed by atoms with Crippen LogP contribution in [0.1, 0.15) is 70.4 Å². The average molecular weight is 327 g/mol. The van der Waals surface area contributed by atoms with Gasteiger partial charge >= 0.3 is 0 Å². The lowest BCUT2D eigenvalue weighted by atomic mass is 9.66. The van der Waals surface area contributed by atoms with Crippen LogP contribution in [0.25, 0.3) is 0 Å². The molecule has 4 rings (SSSR count). The fourth-order valence-electron chi connectivity index (χ4n) is 5.36. The van der Waals surface area contributed by atoms with Gasteiger partial charge in [-0.15, -0.1) is 0 Å². The third kappa shape index (κ3) is 2.62. The summed E-state index contributed by atoms with van der Waals surface area (Å²) in [6.45, 7) is 8.37. The zero-order chi connectivity index (χ0) is 16.9. The average Bonchev–Trinajstić information content (AvgIpc) is 2.57. The molecule has 24 heavy (non-hydrogen) atoms. The van der Waals surface area contributed by atoms with Crippen molar-refractivity contribution in [2.24, 2.45) is 11.3 Å².